The van der Waals surface area contributed by atoms with E-state index in [9.17, 15) is 4.39 Å². The molecule has 0 aliphatic carbocycles. The van der Waals surface area contributed by atoms with E-state index >= 15 is 0 Å². The van der Waals surface area contributed by atoms with Crippen LogP contribution in [0.5, 0.6) is 5.88 Å². The van der Waals surface area contributed by atoms with Crippen molar-refractivity contribution >= 4 is 0 Å². The van der Waals surface area contributed by atoms with Gasteiger partial charge in [0.05, 0.1) is 6.20 Å². The van der Waals surface area contributed by atoms with Crippen LogP contribution in [0.1, 0.15) is 11.1 Å². The quantitative estimate of drug-likeness (QED) is 0.879. The molecule has 2 aromatic rings. The maximum absolute atomic E-state index is 12.9. The first kappa shape index (κ1) is 11.5. The highest BCUT2D eigenvalue weighted by atomic mass is 19.1. The molecule has 1 aromatic heterocycles. The van der Waals surface area contributed by atoms with Crippen molar-refractivity contribution in [2.45, 2.75) is 13.2 Å². The molecule has 2 rings (SSSR count). The second-order valence-corrected chi connectivity index (χ2v) is 3.60. The van der Waals surface area contributed by atoms with Crippen molar-refractivity contribution in [3.8, 4) is 5.88 Å². The Morgan fingerprint density at radius 3 is 2.71 bits per heavy atom. The van der Waals surface area contributed by atoms with Crippen molar-refractivity contribution in [1.82, 2.24) is 4.98 Å². The molecular formula is C13H13FN2O. The summed E-state index contributed by atoms with van der Waals surface area (Å²) in [4.78, 5) is 3.89. The number of aromatic nitrogens is 1. The van der Waals surface area contributed by atoms with Crippen LogP contribution < -0.4 is 10.5 Å². The number of pyridine rings is 1. The van der Waals surface area contributed by atoms with Gasteiger partial charge in [0.1, 0.15) is 12.4 Å². The molecule has 88 valence electrons. The fourth-order valence-electron chi connectivity index (χ4n) is 1.47. The molecule has 0 aliphatic heterocycles. The number of benzene rings is 1. The Bertz CT molecular complexity index is 488. The molecule has 0 saturated heterocycles. The molecule has 3 nitrogen and oxygen atoms in total. The molecule has 1 heterocycles. The van der Waals surface area contributed by atoms with E-state index in [1.54, 1.807) is 0 Å². The second kappa shape index (κ2) is 5.41. The Morgan fingerprint density at radius 2 is 2.00 bits per heavy atom. The van der Waals surface area contributed by atoms with E-state index in [1.165, 1.54) is 6.07 Å². The van der Waals surface area contributed by atoms with Gasteiger partial charge in [-0.05, 0) is 11.6 Å². The first-order valence-corrected chi connectivity index (χ1v) is 5.31. The SMILES string of the molecule is NCc1cc(F)cnc1OCc1ccccc1. The third-order valence-corrected chi connectivity index (χ3v) is 2.33. The molecule has 0 atom stereocenters. The summed E-state index contributed by atoms with van der Waals surface area (Å²) >= 11 is 0. The van der Waals surface area contributed by atoms with Crippen LogP contribution in [-0.2, 0) is 13.2 Å². The van der Waals surface area contributed by atoms with Gasteiger partial charge in [-0.25, -0.2) is 9.37 Å². The minimum atomic E-state index is -0.405. The van der Waals surface area contributed by atoms with E-state index < -0.39 is 5.82 Å². The standard InChI is InChI=1S/C13H13FN2O/c14-12-6-11(7-15)13(16-8-12)17-9-10-4-2-1-3-5-10/h1-6,8H,7,9,15H2. The highest BCUT2D eigenvalue weighted by Crippen LogP contribution is 2.16. The lowest BCUT2D eigenvalue weighted by Gasteiger charge is -2.09. The van der Waals surface area contributed by atoms with Crippen LogP contribution in [0.25, 0.3) is 0 Å². The number of hydrogen-bond acceptors (Lipinski definition) is 3. The number of ether oxygens (including phenoxy) is 1. The molecule has 4 heteroatoms. The molecule has 2 N–H and O–H groups in total. The summed E-state index contributed by atoms with van der Waals surface area (Å²) in [6, 6.07) is 11.0. The molecular weight excluding hydrogens is 219 g/mol. The largest absolute Gasteiger partial charge is 0.473 e. The van der Waals surface area contributed by atoms with Crippen LogP contribution in [0.4, 0.5) is 4.39 Å². The lowest BCUT2D eigenvalue weighted by Crippen LogP contribution is -2.05. The van der Waals surface area contributed by atoms with Gasteiger partial charge in [-0.15, -0.1) is 0 Å². The zero-order valence-electron chi connectivity index (χ0n) is 9.27. The van der Waals surface area contributed by atoms with Gasteiger partial charge in [-0.2, -0.15) is 0 Å². The van der Waals surface area contributed by atoms with Crippen molar-refractivity contribution < 1.29 is 9.13 Å². The lowest BCUT2D eigenvalue weighted by molar-refractivity contribution is 0.289. The van der Waals surface area contributed by atoms with E-state index in [2.05, 4.69) is 4.98 Å². The molecule has 0 amide bonds. The molecule has 0 aliphatic rings. The van der Waals surface area contributed by atoms with Crippen LogP contribution in [0.2, 0.25) is 0 Å². The van der Waals surface area contributed by atoms with Crippen molar-refractivity contribution in [2.24, 2.45) is 5.73 Å². The fraction of sp³-hybridized carbons (Fsp3) is 0.154. The topological polar surface area (TPSA) is 48.1 Å². The van der Waals surface area contributed by atoms with Gasteiger partial charge >= 0.3 is 0 Å². The van der Waals surface area contributed by atoms with Gasteiger partial charge in [-0.3, -0.25) is 0 Å². The van der Waals surface area contributed by atoms with Crippen LogP contribution >= 0.6 is 0 Å². The zero-order chi connectivity index (χ0) is 12.1. The number of nitrogens with zero attached hydrogens (tertiary/aromatic N) is 1. The monoisotopic (exact) mass is 232 g/mol. The van der Waals surface area contributed by atoms with Gasteiger partial charge < -0.3 is 10.5 Å². The summed E-state index contributed by atoms with van der Waals surface area (Å²) in [5.41, 5.74) is 7.10. The fourth-order valence-corrected chi connectivity index (χ4v) is 1.47. The van der Waals surface area contributed by atoms with E-state index in [0.717, 1.165) is 11.8 Å². The first-order chi connectivity index (χ1) is 8.29. The maximum atomic E-state index is 12.9. The van der Waals surface area contributed by atoms with Gasteiger partial charge in [0.25, 0.3) is 0 Å². The Balaban J connectivity index is 2.09. The van der Waals surface area contributed by atoms with Crippen LogP contribution in [0.3, 0.4) is 0 Å². The summed E-state index contributed by atoms with van der Waals surface area (Å²) in [7, 11) is 0. The van der Waals surface area contributed by atoms with Crippen molar-refractivity contribution in [3.63, 3.8) is 0 Å². The summed E-state index contributed by atoms with van der Waals surface area (Å²) in [5, 5.41) is 0. The molecule has 0 bridgehead atoms. The third-order valence-electron chi connectivity index (χ3n) is 2.33. The first-order valence-electron chi connectivity index (χ1n) is 5.31. The lowest BCUT2D eigenvalue weighted by atomic mass is 10.2. The summed E-state index contributed by atoms with van der Waals surface area (Å²) < 4.78 is 18.4. The van der Waals surface area contributed by atoms with E-state index in [-0.39, 0.29) is 6.54 Å². The second-order valence-electron chi connectivity index (χ2n) is 3.60. The normalized spacial score (nSPS) is 10.2. The Kier molecular flexibility index (Phi) is 3.67. The van der Waals surface area contributed by atoms with Crippen molar-refractivity contribution in [2.75, 3.05) is 0 Å². The van der Waals surface area contributed by atoms with E-state index in [4.69, 9.17) is 10.5 Å². The summed E-state index contributed by atoms with van der Waals surface area (Å²) in [6.45, 7) is 0.599. The van der Waals surface area contributed by atoms with E-state index in [1.807, 2.05) is 30.3 Å². The van der Waals surface area contributed by atoms with Crippen molar-refractivity contribution in [1.29, 1.82) is 0 Å². The number of hydrogen-bond donors (Lipinski definition) is 1. The number of nitrogens with two attached hydrogens (primary N) is 1. The van der Waals surface area contributed by atoms with Crippen molar-refractivity contribution in [3.05, 3.63) is 59.5 Å². The summed E-state index contributed by atoms with van der Waals surface area (Å²) in [5.74, 6) is -0.0183. The van der Waals surface area contributed by atoms with Crippen LogP contribution in [-0.4, -0.2) is 4.98 Å². The predicted octanol–water partition coefficient (Wildman–Crippen LogP) is 2.26. The summed E-state index contributed by atoms with van der Waals surface area (Å²) in [6.07, 6.45) is 1.12. The molecule has 0 radical (unpaired) electrons. The van der Waals surface area contributed by atoms with Gasteiger partial charge in [0.15, 0.2) is 0 Å². The molecule has 0 unspecified atom stereocenters. The minimum Gasteiger partial charge on any atom is -0.473 e. The van der Waals surface area contributed by atoms with Gasteiger partial charge in [0, 0.05) is 12.1 Å². The van der Waals surface area contributed by atoms with Gasteiger partial charge in [0.2, 0.25) is 5.88 Å². The average Bonchev–Trinajstić information content (AvgIpc) is 2.38. The Hall–Kier alpha value is -1.94. The highest BCUT2D eigenvalue weighted by molar-refractivity contribution is 5.26. The zero-order valence-corrected chi connectivity index (χ0v) is 9.27. The highest BCUT2D eigenvalue weighted by Gasteiger charge is 2.05. The molecule has 0 spiro atoms. The average molecular weight is 232 g/mol. The number of halogens is 1. The third kappa shape index (κ3) is 3.01. The molecule has 0 fully saturated rings. The molecule has 0 saturated carbocycles. The van der Waals surface area contributed by atoms with Crippen LogP contribution in [0.15, 0.2) is 42.6 Å². The Labute approximate surface area is 99.1 Å². The molecule has 17 heavy (non-hydrogen) atoms. The minimum absolute atomic E-state index is 0.203. The molecule has 1 aromatic carbocycles. The smallest absolute Gasteiger partial charge is 0.218 e. The van der Waals surface area contributed by atoms with Crippen LogP contribution in [0, 0.1) is 5.82 Å². The number of rotatable bonds is 4. The van der Waals surface area contributed by atoms with Gasteiger partial charge in [-0.1, -0.05) is 30.3 Å². The van der Waals surface area contributed by atoms with E-state index in [0.29, 0.717) is 18.1 Å². The Morgan fingerprint density at radius 1 is 1.24 bits per heavy atom. The predicted molar refractivity (Wildman–Crippen MR) is 62.9 cm³/mol. The maximum Gasteiger partial charge on any atom is 0.218 e.